The van der Waals surface area contributed by atoms with Gasteiger partial charge in [-0.3, -0.25) is 0 Å². The van der Waals surface area contributed by atoms with Gasteiger partial charge in [0.1, 0.15) is 6.61 Å². The van der Waals surface area contributed by atoms with Crippen LogP contribution in [0.4, 0.5) is 0 Å². The molecule has 0 radical (unpaired) electrons. The summed E-state index contributed by atoms with van der Waals surface area (Å²) in [6, 6.07) is 8.26. The van der Waals surface area contributed by atoms with E-state index in [4.69, 9.17) is 4.74 Å². The number of hydrogen-bond donors (Lipinski definition) is 0. The van der Waals surface area contributed by atoms with Crippen LogP contribution in [0.5, 0.6) is 0 Å². The molecule has 1 aromatic rings. The van der Waals surface area contributed by atoms with E-state index in [1.165, 1.54) is 16.5 Å². The molecule has 0 atom stereocenters. The van der Waals surface area contributed by atoms with Crippen LogP contribution in [0.2, 0.25) is 0 Å². The average molecular weight is 222 g/mol. The Balaban J connectivity index is 2.23. The van der Waals surface area contributed by atoms with Gasteiger partial charge in [0.05, 0.1) is 0 Å². The Morgan fingerprint density at radius 1 is 1.47 bits per heavy atom. The Bertz CT molecular complexity index is 330. The highest BCUT2D eigenvalue weighted by Gasteiger charge is 1.96. The molecular formula is C12H14O2S. The molecule has 80 valence electrons. The summed E-state index contributed by atoms with van der Waals surface area (Å²) in [6.07, 6.45) is 1.18. The molecule has 1 rings (SSSR count). The minimum Gasteiger partial charge on any atom is -0.462 e. The summed E-state index contributed by atoms with van der Waals surface area (Å²) in [5.74, 6) is 0.405. The summed E-state index contributed by atoms with van der Waals surface area (Å²) >= 11 is 1.67. The van der Waals surface area contributed by atoms with Crippen LogP contribution in [0.1, 0.15) is 5.56 Å². The molecule has 0 aliphatic rings. The first-order chi connectivity index (χ1) is 7.22. The number of thioether (sulfide) groups is 1. The van der Waals surface area contributed by atoms with Crippen LogP contribution in [0.25, 0.3) is 0 Å². The molecule has 0 N–H and O–H groups in total. The van der Waals surface area contributed by atoms with Gasteiger partial charge in [0.25, 0.3) is 0 Å². The highest BCUT2D eigenvalue weighted by atomic mass is 32.2. The van der Waals surface area contributed by atoms with Crippen LogP contribution in [-0.4, -0.2) is 18.3 Å². The number of aryl methyl sites for hydroxylation is 1. The van der Waals surface area contributed by atoms with Crippen LogP contribution in [0.15, 0.2) is 41.8 Å². The molecule has 0 aliphatic heterocycles. The van der Waals surface area contributed by atoms with Gasteiger partial charge in [0, 0.05) is 16.7 Å². The third-order valence-electron chi connectivity index (χ3n) is 1.78. The number of ether oxygens (including phenoxy) is 1. The maximum Gasteiger partial charge on any atom is 0.330 e. The zero-order valence-corrected chi connectivity index (χ0v) is 9.55. The Kier molecular flexibility index (Phi) is 4.98. The predicted octanol–water partition coefficient (Wildman–Crippen LogP) is 2.82. The molecule has 0 amide bonds. The van der Waals surface area contributed by atoms with Crippen molar-refractivity contribution in [1.29, 1.82) is 0 Å². The van der Waals surface area contributed by atoms with Crippen LogP contribution < -0.4 is 0 Å². The molecule has 0 saturated heterocycles. The molecule has 2 nitrogen and oxygen atoms in total. The Hall–Kier alpha value is -1.22. The quantitative estimate of drug-likeness (QED) is 0.332. The molecule has 0 bridgehead atoms. The van der Waals surface area contributed by atoms with E-state index in [1.807, 2.05) is 0 Å². The third kappa shape index (κ3) is 4.70. The smallest absolute Gasteiger partial charge is 0.330 e. The number of benzene rings is 1. The van der Waals surface area contributed by atoms with Crippen molar-refractivity contribution in [2.75, 3.05) is 12.4 Å². The summed E-state index contributed by atoms with van der Waals surface area (Å²) in [5, 5.41) is 0. The molecule has 0 aliphatic carbocycles. The second-order valence-electron chi connectivity index (χ2n) is 3.03. The van der Waals surface area contributed by atoms with Crippen molar-refractivity contribution in [1.82, 2.24) is 0 Å². The largest absolute Gasteiger partial charge is 0.462 e. The topological polar surface area (TPSA) is 26.3 Å². The lowest BCUT2D eigenvalue weighted by Gasteiger charge is -2.02. The van der Waals surface area contributed by atoms with E-state index in [0.717, 1.165) is 5.75 Å². The summed E-state index contributed by atoms with van der Waals surface area (Å²) in [4.78, 5) is 11.9. The molecular weight excluding hydrogens is 208 g/mol. The lowest BCUT2D eigenvalue weighted by Crippen LogP contribution is -2.03. The molecule has 0 fully saturated rings. The normalized spacial score (nSPS) is 9.67. The van der Waals surface area contributed by atoms with Crippen LogP contribution in [0, 0.1) is 6.92 Å². The first kappa shape index (κ1) is 11.9. The van der Waals surface area contributed by atoms with Gasteiger partial charge in [-0.15, -0.1) is 11.8 Å². The van der Waals surface area contributed by atoms with Crippen molar-refractivity contribution in [3.05, 3.63) is 42.5 Å². The van der Waals surface area contributed by atoms with Crippen molar-refractivity contribution >= 4 is 17.7 Å². The minimum absolute atomic E-state index is 0.362. The van der Waals surface area contributed by atoms with Crippen molar-refractivity contribution in [3.63, 3.8) is 0 Å². The van der Waals surface area contributed by atoms with E-state index in [2.05, 4.69) is 37.8 Å². The number of carbonyl (C=O) groups is 1. The van der Waals surface area contributed by atoms with Crippen molar-refractivity contribution in [2.24, 2.45) is 0 Å². The van der Waals surface area contributed by atoms with Gasteiger partial charge in [-0.2, -0.15) is 0 Å². The Morgan fingerprint density at radius 3 is 2.73 bits per heavy atom. The molecule has 1 aromatic carbocycles. The van der Waals surface area contributed by atoms with Gasteiger partial charge in [0.2, 0.25) is 0 Å². The Labute approximate surface area is 94.3 Å². The molecule has 15 heavy (non-hydrogen) atoms. The maximum atomic E-state index is 10.7. The van der Waals surface area contributed by atoms with Gasteiger partial charge >= 0.3 is 5.97 Å². The second-order valence-corrected chi connectivity index (χ2v) is 4.20. The highest BCUT2D eigenvalue weighted by Crippen LogP contribution is 2.17. The van der Waals surface area contributed by atoms with Crippen LogP contribution in [0.3, 0.4) is 0 Å². The van der Waals surface area contributed by atoms with E-state index in [-0.39, 0.29) is 5.97 Å². The lowest BCUT2D eigenvalue weighted by molar-refractivity contribution is -0.137. The van der Waals surface area contributed by atoms with Gasteiger partial charge in [-0.05, 0) is 19.1 Å². The number of carbonyl (C=O) groups excluding carboxylic acids is 1. The zero-order valence-electron chi connectivity index (χ0n) is 8.73. The van der Waals surface area contributed by atoms with E-state index >= 15 is 0 Å². The monoisotopic (exact) mass is 222 g/mol. The van der Waals surface area contributed by atoms with E-state index in [1.54, 1.807) is 11.8 Å². The van der Waals surface area contributed by atoms with E-state index in [0.29, 0.717) is 6.61 Å². The van der Waals surface area contributed by atoms with Crippen molar-refractivity contribution < 1.29 is 9.53 Å². The fourth-order valence-electron chi connectivity index (χ4n) is 0.995. The van der Waals surface area contributed by atoms with Crippen LogP contribution in [-0.2, 0) is 9.53 Å². The average Bonchev–Trinajstić information content (AvgIpc) is 2.26. The fourth-order valence-corrected chi connectivity index (χ4v) is 1.73. The zero-order chi connectivity index (χ0) is 11.1. The minimum atomic E-state index is -0.362. The number of rotatable bonds is 5. The number of esters is 1. The molecule has 0 aromatic heterocycles. The standard InChI is InChI=1S/C12H14O2S/c1-3-12(13)14-8-9-15-11-6-4-10(2)5-7-11/h3-7H,1,8-9H2,2H3. The molecule has 0 unspecified atom stereocenters. The summed E-state index contributed by atoms with van der Waals surface area (Å²) in [6.45, 7) is 5.80. The second kappa shape index (κ2) is 6.30. The van der Waals surface area contributed by atoms with Gasteiger partial charge in [-0.25, -0.2) is 4.79 Å². The number of hydrogen-bond acceptors (Lipinski definition) is 3. The molecule has 0 saturated carbocycles. The maximum absolute atomic E-state index is 10.7. The van der Waals surface area contributed by atoms with Gasteiger partial charge in [0.15, 0.2) is 0 Å². The summed E-state index contributed by atoms with van der Waals surface area (Å²) in [5.41, 5.74) is 1.25. The first-order valence-corrected chi connectivity index (χ1v) is 5.69. The molecule has 3 heteroatoms. The van der Waals surface area contributed by atoms with Crippen LogP contribution >= 0.6 is 11.8 Å². The van der Waals surface area contributed by atoms with E-state index < -0.39 is 0 Å². The van der Waals surface area contributed by atoms with Crippen molar-refractivity contribution in [2.45, 2.75) is 11.8 Å². The first-order valence-electron chi connectivity index (χ1n) is 4.71. The summed E-state index contributed by atoms with van der Waals surface area (Å²) in [7, 11) is 0. The highest BCUT2D eigenvalue weighted by molar-refractivity contribution is 7.99. The van der Waals surface area contributed by atoms with E-state index in [9.17, 15) is 4.79 Å². The molecule has 0 spiro atoms. The van der Waals surface area contributed by atoms with Gasteiger partial charge in [-0.1, -0.05) is 24.3 Å². The van der Waals surface area contributed by atoms with Gasteiger partial charge < -0.3 is 4.74 Å². The SMILES string of the molecule is C=CC(=O)OCCSc1ccc(C)cc1. The summed E-state index contributed by atoms with van der Waals surface area (Å²) < 4.78 is 4.86. The fraction of sp³-hybridized carbons (Fsp3) is 0.250. The Morgan fingerprint density at radius 2 is 2.13 bits per heavy atom. The predicted molar refractivity (Wildman–Crippen MR) is 63.1 cm³/mol. The van der Waals surface area contributed by atoms with Crippen molar-refractivity contribution in [3.8, 4) is 0 Å². The lowest BCUT2D eigenvalue weighted by atomic mass is 10.2. The third-order valence-corrected chi connectivity index (χ3v) is 2.76. The molecule has 0 heterocycles.